The molecular weight excluding hydrogens is 458 g/mol. The Hall–Kier alpha value is -4.43. The third-order valence-electron chi connectivity index (χ3n) is 5.04. The summed E-state index contributed by atoms with van der Waals surface area (Å²) in [6, 6.07) is 20.9. The van der Waals surface area contributed by atoms with Crippen LogP contribution in [-0.4, -0.2) is 16.7 Å². The van der Waals surface area contributed by atoms with Gasteiger partial charge in [0.15, 0.2) is 5.76 Å². The van der Waals surface area contributed by atoms with Crippen molar-refractivity contribution in [3.8, 4) is 11.3 Å². The zero-order valence-corrected chi connectivity index (χ0v) is 18.6. The number of benzene rings is 3. The molecule has 2 N–H and O–H groups in total. The maximum Gasteiger partial charge on any atom is 0.291 e. The SMILES string of the molecule is Cc1cc([N+](=O)[O-])ccc1-c1ccc(C(=O)Nc2ccc(NC(=O)c3ccccc3Cl)cc2)o1. The van der Waals surface area contributed by atoms with Crippen molar-refractivity contribution in [1.82, 2.24) is 0 Å². The van der Waals surface area contributed by atoms with Crippen LogP contribution < -0.4 is 10.6 Å². The average Bonchev–Trinajstić information content (AvgIpc) is 3.30. The highest BCUT2D eigenvalue weighted by Crippen LogP contribution is 2.29. The number of nitro benzene ring substituents is 1. The standard InChI is InChI=1S/C25H18ClN3O5/c1-15-14-18(29(32)33)10-11-19(15)22-12-13-23(34-22)25(31)28-17-8-6-16(7-9-17)27-24(30)20-4-2-3-5-21(20)26/h2-14H,1H3,(H,27,30)(H,28,31). The molecule has 1 aromatic heterocycles. The molecule has 0 aliphatic rings. The van der Waals surface area contributed by atoms with E-state index >= 15 is 0 Å². The predicted octanol–water partition coefficient (Wildman–Crippen LogP) is 6.32. The molecule has 0 atom stereocenters. The van der Waals surface area contributed by atoms with Gasteiger partial charge in [0.2, 0.25) is 0 Å². The van der Waals surface area contributed by atoms with Gasteiger partial charge in [0, 0.05) is 29.1 Å². The number of furan rings is 1. The lowest BCUT2D eigenvalue weighted by Gasteiger charge is -2.08. The molecular formula is C25H18ClN3O5. The van der Waals surface area contributed by atoms with E-state index in [4.69, 9.17) is 16.0 Å². The van der Waals surface area contributed by atoms with Crippen molar-refractivity contribution in [2.45, 2.75) is 6.92 Å². The van der Waals surface area contributed by atoms with E-state index in [0.717, 1.165) is 0 Å². The zero-order valence-electron chi connectivity index (χ0n) is 17.9. The molecule has 1 heterocycles. The second-order valence-corrected chi connectivity index (χ2v) is 7.79. The van der Waals surface area contributed by atoms with Crippen LogP contribution in [0.5, 0.6) is 0 Å². The van der Waals surface area contributed by atoms with Gasteiger partial charge in [0.25, 0.3) is 17.5 Å². The molecule has 9 heteroatoms. The Balaban J connectivity index is 1.42. The van der Waals surface area contributed by atoms with Crippen molar-refractivity contribution < 1.29 is 18.9 Å². The van der Waals surface area contributed by atoms with Gasteiger partial charge in [-0.1, -0.05) is 23.7 Å². The fraction of sp³-hybridized carbons (Fsp3) is 0.0400. The van der Waals surface area contributed by atoms with E-state index in [0.29, 0.717) is 38.8 Å². The third-order valence-corrected chi connectivity index (χ3v) is 5.36. The summed E-state index contributed by atoms with van der Waals surface area (Å²) in [5, 5.41) is 16.8. The molecule has 2 amide bonds. The number of carbonyl (C=O) groups excluding carboxylic acids is 2. The van der Waals surface area contributed by atoms with E-state index in [1.165, 1.54) is 18.2 Å². The number of hydrogen-bond donors (Lipinski definition) is 2. The molecule has 170 valence electrons. The van der Waals surface area contributed by atoms with Gasteiger partial charge in [0.1, 0.15) is 5.76 Å². The molecule has 0 saturated heterocycles. The number of halogens is 1. The van der Waals surface area contributed by atoms with E-state index in [-0.39, 0.29) is 17.4 Å². The first kappa shape index (κ1) is 22.8. The summed E-state index contributed by atoms with van der Waals surface area (Å²) in [5.41, 5.74) is 2.70. The van der Waals surface area contributed by atoms with Gasteiger partial charge in [0.05, 0.1) is 15.5 Å². The Morgan fingerprint density at radius 1 is 0.882 bits per heavy atom. The van der Waals surface area contributed by atoms with Crippen molar-refractivity contribution in [3.63, 3.8) is 0 Å². The minimum absolute atomic E-state index is 0.0164. The van der Waals surface area contributed by atoms with Crippen molar-refractivity contribution in [2.24, 2.45) is 0 Å². The first-order chi connectivity index (χ1) is 16.3. The van der Waals surface area contributed by atoms with Crippen LogP contribution in [0.1, 0.15) is 26.5 Å². The van der Waals surface area contributed by atoms with Gasteiger partial charge in [-0.05, 0) is 67.1 Å². The fourth-order valence-electron chi connectivity index (χ4n) is 3.32. The van der Waals surface area contributed by atoms with E-state index < -0.39 is 10.8 Å². The minimum atomic E-state index is -0.467. The second-order valence-electron chi connectivity index (χ2n) is 7.39. The zero-order chi connectivity index (χ0) is 24.2. The van der Waals surface area contributed by atoms with E-state index in [2.05, 4.69) is 10.6 Å². The van der Waals surface area contributed by atoms with Crippen LogP contribution in [0.4, 0.5) is 17.1 Å². The molecule has 4 rings (SSSR count). The van der Waals surface area contributed by atoms with Crippen LogP contribution in [0.3, 0.4) is 0 Å². The third kappa shape index (κ3) is 4.97. The molecule has 0 unspecified atom stereocenters. The highest BCUT2D eigenvalue weighted by Gasteiger charge is 2.16. The molecule has 0 fully saturated rings. The number of non-ortho nitro benzene ring substituents is 1. The summed E-state index contributed by atoms with van der Waals surface area (Å²) in [4.78, 5) is 35.4. The summed E-state index contributed by atoms with van der Waals surface area (Å²) in [6.45, 7) is 1.73. The van der Waals surface area contributed by atoms with Crippen LogP contribution >= 0.6 is 11.6 Å². The Bertz CT molecular complexity index is 1400. The lowest BCUT2D eigenvalue weighted by molar-refractivity contribution is -0.384. The number of nitrogens with zero attached hydrogens (tertiary/aromatic N) is 1. The molecule has 0 spiro atoms. The minimum Gasteiger partial charge on any atom is -0.451 e. The van der Waals surface area contributed by atoms with Gasteiger partial charge in [-0.15, -0.1) is 0 Å². The first-order valence-electron chi connectivity index (χ1n) is 10.1. The number of hydrogen-bond acceptors (Lipinski definition) is 5. The molecule has 0 bridgehead atoms. The van der Waals surface area contributed by atoms with Crippen molar-refractivity contribution in [2.75, 3.05) is 10.6 Å². The molecule has 3 aromatic carbocycles. The Morgan fingerprint density at radius 3 is 2.15 bits per heavy atom. The Morgan fingerprint density at radius 2 is 1.53 bits per heavy atom. The molecule has 0 radical (unpaired) electrons. The summed E-state index contributed by atoms with van der Waals surface area (Å²) < 4.78 is 5.67. The number of nitrogens with one attached hydrogen (secondary N) is 2. The van der Waals surface area contributed by atoms with Gasteiger partial charge < -0.3 is 15.1 Å². The normalized spacial score (nSPS) is 10.5. The van der Waals surface area contributed by atoms with Crippen LogP contribution in [-0.2, 0) is 0 Å². The molecule has 34 heavy (non-hydrogen) atoms. The van der Waals surface area contributed by atoms with Crippen molar-refractivity contribution in [1.29, 1.82) is 0 Å². The van der Waals surface area contributed by atoms with Crippen molar-refractivity contribution >= 4 is 40.5 Å². The van der Waals surface area contributed by atoms with E-state index in [9.17, 15) is 19.7 Å². The second kappa shape index (κ2) is 9.60. The van der Waals surface area contributed by atoms with Gasteiger partial charge >= 0.3 is 0 Å². The maximum absolute atomic E-state index is 12.6. The molecule has 8 nitrogen and oxygen atoms in total. The van der Waals surface area contributed by atoms with Crippen LogP contribution in [0.2, 0.25) is 5.02 Å². The van der Waals surface area contributed by atoms with E-state index in [1.807, 2.05) is 0 Å². The first-order valence-corrected chi connectivity index (χ1v) is 10.5. The quantitative estimate of drug-likeness (QED) is 0.250. The molecule has 0 aliphatic heterocycles. The summed E-state index contributed by atoms with van der Waals surface area (Å²) in [6.07, 6.45) is 0. The summed E-state index contributed by atoms with van der Waals surface area (Å²) in [7, 11) is 0. The lowest BCUT2D eigenvalue weighted by Crippen LogP contribution is -2.13. The average molecular weight is 476 g/mol. The lowest BCUT2D eigenvalue weighted by atomic mass is 10.1. The summed E-state index contributed by atoms with van der Waals surface area (Å²) >= 11 is 6.05. The highest BCUT2D eigenvalue weighted by molar-refractivity contribution is 6.34. The van der Waals surface area contributed by atoms with Gasteiger partial charge in [-0.2, -0.15) is 0 Å². The Labute approximate surface area is 199 Å². The number of aryl methyl sites for hydroxylation is 1. The van der Waals surface area contributed by atoms with Crippen LogP contribution in [0.25, 0.3) is 11.3 Å². The van der Waals surface area contributed by atoms with Crippen molar-refractivity contribution in [3.05, 3.63) is 111 Å². The fourth-order valence-corrected chi connectivity index (χ4v) is 3.54. The highest BCUT2D eigenvalue weighted by atomic mass is 35.5. The number of carbonyl (C=O) groups is 2. The molecule has 0 saturated carbocycles. The predicted molar refractivity (Wildman–Crippen MR) is 129 cm³/mol. The smallest absolute Gasteiger partial charge is 0.291 e. The maximum atomic E-state index is 12.6. The van der Waals surface area contributed by atoms with Crippen LogP contribution in [0, 0.1) is 17.0 Å². The monoisotopic (exact) mass is 475 g/mol. The number of amides is 2. The van der Waals surface area contributed by atoms with E-state index in [1.54, 1.807) is 67.6 Å². The largest absolute Gasteiger partial charge is 0.451 e. The van der Waals surface area contributed by atoms with Gasteiger partial charge in [-0.3, -0.25) is 19.7 Å². The molecule has 4 aromatic rings. The summed E-state index contributed by atoms with van der Waals surface area (Å²) in [5.74, 6) is -0.287. The topological polar surface area (TPSA) is 114 Å². The Kier molecular flexibility index (Phi) is 6.42. The molecule has 0 aliphatic carbocycles. The number of anilines is 2. The van der Waals surface area contributed by atoms with Crippen LogP contribution in [0.15, 0.2) is 83.3 Å². The number of rotatable bonds is 6. The van der Waals surface area contributed by atoms with Gasteiger partial charge in [-0.25, -0.2) is 0 Å². The number of nitro groups is 1.